The van der Waals surface area contributed by atoms with Crippen LogP contribution in [0.25, 0.3) is 0 Å². The molecule has 1 amide bonds. The molecular formula is C23H26F3NO3. The van der Waals surface area contributed by atoms with E-state index in [1.807, 2.05) is 4.90 Å². The highest BCUT2D eigenvalue weighted by molar-refractivity contribution is 5.94. The molecule has 0 aliphatic carbocycles. The van der Waals surface area contributed by atoms with Crippen molar-refractivity contribution in [1.82, 2.24) is 4.90 Å². The van der Waals surface area contributed by atoms with Gasteiger partial charge in [-0.25, -0.2) is 0 Å². The highest BCUT2D eigenvalue weighted by Gasteiger charge is 2.30. The standard InChI is InChI=1S/C23H26F3NO3/c1-22(2,29)15-16-11-13-27(14-12-16)21(28)17-3-7-19(8-4-17)30-20-9-5-18(6-10-20)23(24,25)26/h3-10,16,29H,11-15H2,1-2H3. The Morgan fingerprint density at radius 2 is 1.50 bits per heavy atom. The molecule has 1 N–H and O–H groups in total. The zero-order chi connectivity index (χ0) is 21.9. The van der Waals surface area contributed by atoms with Crippen LogP contribution in [0.2, 0.25) is 0 Å². The van der Waals surface area contributed by atoms with Crippen LogP contribution in [0.1, 0.15) is 49.0 Å². The van der Waals surface area contributed by atoms with Crippen molar-refractivity contribution >= 4 is 5.91 Å². The molecule has 1 heterocycles. The molecule has 0 unspecified atom stereocenters. The average molecular weight is 421 g/mol. The predicted octanol–water partition coefficient (Wildman–Crippen LogP) is 5.51. The summed E-state index contributed by atoms with van der Waals surface area (Å²) in [5.74, 6) is 1.08. The van der Waals surface area contributed by atoms with Crippen LogP contribution in [0, 0.1) is 5.92 Å². The third kappa shape index (κ3) is 5.98. The summed E-state index contributed by atoms with van der Waals surface area (Å²) in [5, 5.41) is 9.96. The molecule has 3 rings (SSSR count). The number of benzene rings is 2. The largest absolute Gasteiger partial charge is 0.457 e. The van der Waals surface area contributed by atoms with E-state index in [9.17, 15) is 23.1 Å². The van der Waals surface area contributed by atoms with Crippen LogP contribution in [0.3, 0.4) is 0 Å². The number of carbonyl (C=O) groups is 1. The van der Waals surface area contributed by atoms with Gasteiger partial charge in [0.2, 0.25) is 0 Å². The Morgan fingerprint density at radius 3 is 1.97 bits per heavy atom. The third-order valence-corrected chi connectivity index (χ3v) is 5.21. The minimum atomic E-state index is -4.39. The molecule has 0 atom stereocenters. The maximum atomic E-state index is 12.7. The van der Waals surface area contributed by atoms with Crippen molar-refractivity contribution < 1.29 is 27.8 Å². The average Bonchev–Trinajstić information content (AvgIpc) is 2.67. The molecule has 0 aromatic heterocycles. The fraction of sp³-hybridized carbons (Fsp3) is 0.435. The highest BCUT2D eigenvalue weighted by Crippen LogP contribution is 2.32. The number of hydrogen-bond acceptors (Lipinski definition) is 3. The molecule has 1 aliphatic rings. The van der Waals surface area contributed by atoms with Crippen molar-refractivity contribution in [2.45, 2.75) is 44.9 Å². The Balaban J connectivity index is 1.56. The van der Waals surface area contributed by atoms with Crippen LogP contribution in [-0.2, 0) is 6.18 Å². The van der Waals surface area contributed by atoms with Crippen molar-refractivity contribution in [3.8, 4) is 11.5 Å². The number of halogens is 3. The molecule has 1 saturated heterocycles. The molecule has 4 nitrogen and oxygen atoms in total. The number of ether oxygens (including phenoxy) is 1. The van der Waals surface area contributed by atoms with Gasteiger partial charge in [-0.05, 0) is 87.6 Å². The van der Waals surface area contributed by atoms with Crippen molar-refractivity contribution in [3.05, 3.63) is 59.7 Å². The second-order valence-corrected chi connectivity index (χ2v) is 8.40. The van der Waals surface area contributed by atoms with Crippen LogP contribution >= 0.6 is 0 Å². The summed E-state index contributed by atoms with van der Waals surface area (Å²) in [6.07, 6.45) is -1.93. The number of nitrogens with zero attached hydrogens (tertiary/aromatic N) is 1. The van der Waals surface area contributed by atoms with E-state index in [4.69, 9.17) is 4.74 Å². The molecule has 0 radical (unpaired) electrons. The second kappa shape index (κ2) is 8.68. The molecule has 7 heteroatoms. The Labute approximate surface area is 174 Å². The maximum absolute atomic E-state index is 12.7. The lowest BCUT2D eigenvalue weighted by Gasteiger charge is -2.34. The Morgan fingerprint density at radius 1 is 1.00 bits per heavy atom. The zero-order valence-electron chi connectivity index (χ0n) is 17.1. The van der Waals surface area contributed by atoms with Gasteiger partial charge in [0.1, 0.15) is 11.5 Å². The molecule has 1 aliphatic heterocycles. The van der Waals surface area contributed by atoms with Crippen LogP contribution in [-0.4, -0.2) is 34.6 Å². The lowest BCUT2D eigenvalue weighted by molar-refractivity contribution is -0.137. The molecule has 0 bridgehead atoms. The first kappa shape index (κ1) is 22.2. The van der Waals surface area contributed by atoms with Crippen molar-refractivity contribution in [2.75, 3.05) is 13.1 Å². The molecule has 2 aromatic carbocycles. The first-order valence-electron chi connectivity index (χ1n) is 9.98. The number of carbonyl (C=O) groups excluding carboxylic acids is 1. The van der Waals surface area contributed by atoms with Gasteiger partial charge in [0, 0.05) is 18.7 Å². The van der Waals surface area contributed by atoms with E-state index in [-0.39, 0.29) is 11.7 Å². The van der Waals surface area contributed by atoms with Crippen molar-refractivity contribution in [3.63, 3.8) is 0 Å². The number of alkyl halides is 3. The number of rotatable bonds is 5. The molecule has 162 valence electrons. The molecule has 0 spiro atoms. The number of piperidine rings is 1. The van der Waals surface area contributed by atoms with Gasteiger partial charge in [0.05, 0.1) is 11.2 Å². The minimum absolute atomic E-state index is 0.0576. The molecule has 2 aromatic rings. The van der Waals surface area contributed by atoms with Crippen molar-refractivity contribution in [1.29, 1.82) is 0 Å². The topological polar surface area (TPSA) is 49.8 Å². The number of amides is 1. The van der Waals surface area contributed by atoms with Crippen LogP contribution < -0.4 is 4.74 Å². The van der Waals surface area contributed by atoms with Gasteiger partial charge in [-0.2, -0.15) is 13.2 Å². The Hall–Kier alpha value is -2.54. The smallest absolute Gasteiger partial charge is 0.416 e. The Kier molecular flexibility index (Phi) is 6.41. The van der Waals surface area contributed by atoms with E-state index in [0.717, 1.165) is 31.4 Å². The fourth-order valence-electron chi connectivity index (χ4n) is 3.74. The monoisotopic (exact) mass is 421 g/mol. The normalized spacial score (nSPS) is 15.9. The zero-order valence-corrected chi connectivity index (χ0v) is 17.1. The Bertz CT molecular complexity index is 847. The summed E-state index contributed by atoms with van der Waals surface area (Å²) < 4.78 is 43.4. The first-order valence-corrected chi connectivity index (χ1v) is 9.98. The summed E-state index contributed by atoms with van der Waals surface area (Å²) in [4.78, 5) is 14.5. The molecule has 0 saturated carbocycles. The van der Waals surface area contributed by atoms with E-state index in [1.54, 1.807) is 38.1 Å². The molecule has 30 heavy (non-hydrogen) atoms. The van der Waals surface area contributed by atoms with Crippen LogP contribution in [0.4, 0.5) is 13.2 Å². The number of aliphatic hydroxyl groups is 1. The van der Waals surface area contributed by atoms with E-state index in [1.165, 1.54) is 12.1 Å². The van der Waals surface area contributed by atoms with Crippen LogP contribution in [0.5, 0.6) is 11.5 Å². The summed E-state index contributed by atoms with van der Waals surface area (Å²) in [7, 11) is 0. The van der Waals surface area contributed by atoms with E-state index in [0.29, 0.717) is 30.3 Å². The third-order valence-electron chi connectivity index (χ3n) is 5.21. The predicted molar refractivity (Wildman–Crippen MR) is 108 cm³/mol. The van der Waals surface area contributed by atoms with E-state index < -0.39 is 17.3 Å². The lowest BCUT2D eigenvalue weighted by atomic mass is 9.86. The van der Waals surface area contributed by atoms with Gasteiger partial charge in [0.15, 0.2) is 0 Å². The lowest BCUT2D eigenvalue weighted by Crippen LogP contribution is -2.40. The molecule has 1 fully saturated rings. The van der Waals surface area contributed by atoms with Gasteiger partial charge in [-0.3, -0.25) is 4.79 Å². The minimum Gasteiger partial charge on any atom is -0.457 e. The van der Waals surface area contributed by atoms with Gasteiger partial charge < -0.3 is 14.7 Å². The quantitative estimate of drug-likeness (QED) is 0.693. The second-order valence-electron chi connectivity index (χ2n) is 8.40. The fourth-order valence-corrected chi connectivity index (χ4v) is 3.74. The molecular weight excluding hydrogens is 395 g/mol. The van der Waals surface area contributed by atoms with Crippen LogP contribution in [0.15, 0.2) is 48.5 Å². The van der Waals surface area contributed by atoms with Gasteiger partial charge in [-0.15, -0.1) is 0 Å². The summed E-state index contributed by atoms with van der Waals surface area (Å²) in [6.45, 7) is 4.92. The SMILES string of the molecule is CC(C)(O)CC1CCN(C(=O)c2ccc(Oc3ccc(C(F)(F)F)cc3)cc2)CC1. The number of likely N-dealkylation sites (tertiary alicyclic amines) is 1. The summed E-state index contributed by atoms with van der Waals surface area (Å²) >= 11 is 0. The first-order chi connectivity index (χ1) is 14.0. The van der Waals surface area contributed by atoms with Gasteiger partial charge in [0.25, 0.3) is 5.91 Å². The highest BCUT2D eigenvalue weighted by atomic mass is 19.4. The van der Waals surface area contributed by atoms with E-state index >= 15 is 0 Å². The van der Waals surface area contributed by atoms with Gasteiger partial charge in [-0.1, -0.05) is 0 Å². The van der Waals surface area contributed by atoms with Gasteiger partial charge >= 0.3 is 6.18 Å². The summed E-state index contributed by atoms with van der Waals surface area (Å²) in [6, 6.07) is 11.0. The maximum Gasteiger partial charge on any atom is 0.416 e. The van der Waals surface area contributed by atoms with E-state index in [2.05, 4.69) is 0 Å². The van der Waals surface area contributed by atoms with Crippen molar-refractivity contribution in [2.24, 2.45) is 5.92 Å². The summed E-state index contributed by atoms with van der Waals surface area (Å²) in [5.41, 5.74) is -0.891. The number of hydrogen-bond donors (Lipinski definition) is 1.